The summed E-state index contributed by atoms with van der Waals surface area (Å²) < 4.78 is 6.28. The van der Waals surface area contributed by atoms with Crippen LogP contribution in [-0.2, 0) is 11.3 Å². The van der Waals surface area contributed by atoms with Gasteiger partial charge in [-0.05, 0) is 48.7 Å². The lowest BCUT2D eigenvalue weighted by molar-refractivity contribution is -0.128. The highest BCUT2D eigenvalue weighted by Gasteiger charge is 2.22. The van der Waals surface area contributed by atoms with Crippen LogP contribution in [0.15, 0.2) is 42.5 Å². The Kier molecular flexibility index (Phi) is 8.36. The Bertz CT molecular complexity index is 1210. The molecule has 0 bridgehead atoms. The minimum atomic E-state index is -0.128. The molecule has 1 aromatic heterocycles. The van der Waals surface area contributed by atoms with Gasteiger partial charge in [0.2, 0.25) is 5.91 Å². The van der Waals surface area contributed by atoms with Crippen molar-refractivity contribution in [2.24, 2.45) is 5.92 Å². The number of amides is 2. The number of ether oxygens (including phenoxy) is 1. The van der Waals surface area contributed by atoms with E-state index in [1.807, 2.05) is 35.2 Å². The van der Waals surface area contributed by atoms with Crippen molar-refractivity contribution in [1.82, 2.24) is 20.4 Å². The number of nitrogens with zero attached hydrogens (tertiary/aromatic N) is 3. The first-order valence-corrected chi connectivity index (χ1v) is 13.5. The summed E-state index contributed by atoms with van der Waals surface area (Å²) in [7, 11) is 0. The fourth-order valence-corrected chi connectivity index (χ4v) is 4.74. The average Bonchev–Trinajstić information content (AvgIpc) is 3.53. The predicted molar refractivity (Wildman–Crippen MR) is 142 cm³/mol. The highest BCUT2D eigenvalue weighted by molar-refractivity contribution is 7.14. The molecule has 1 aliphatic rings. The summed E-state index contributed by atoms with van der Waals surface area (Å²) in [6.45, 7) is 10.3. The van der Waals surface area contributed by atoms with Gasteiger partial charge in [0.25, 0.3) is 5.91 Å². The monoisotopic (exact) mass is 506 g/mol. The Hall–Kier alpha value is -3.26. The molecule has 4 rings (SSSR count). The van der Waals surface area contributed by atoms with Gasteiger partial charge < -0.3 is 15.0 Å². The molecule has 190 valence electrons. The first kappa shape index (κ1) is 25.8. The van der Waals surface area contributed by atoms with Crippen LogP contribution in [0.5, 0.6) is 11.5 Å². The Labute approximate surface area is 216 Å². The highest BCUT2D eigenvalue weighted by atomic mass is 32.1. The second kappa shape index (κ2) is 11.6. The number of aromatic nitrogens is 2. The standard InChI is InChI=1S/C28H34N4O3S/c1-5-19(4)16-29-26(34)21-8-9-22(17-32-14-6-7-25(32)33)24(15-21)35-23-12-10-20(11-13-23)28-31-30-27(36-28)18(2)3/h8-13,15,18-19H,5-7,14,16-17H2,1-4H3,(H,29,34). The zero-order valence-corrected chi connectivity index (χ0v) is 22.2. The topological polar surface area (TPSA) is 84.4 Å². The summed E-state index contributed by atoms with van der Waals surface area (Å²) >= 11 is 1.59. The van der Waals surface area contributed by atoms with Crippen LogP contribution in [0.25, 0.3) is 10.6 Å². The first-order valence-electron chi connectivity index (χ1n) is 12.6. The van der Waals surface area contributed by atoms with Crippen molar-refractivity contribution in [3.63, 3.8) is 0 Å². The lowest BCUT2D eigenvalue weighted by Gasteiger charge is -2.19. The Morgan fingerprint density at radius 1 is 1.14 bits per heavy atom. The van der Waals surface area contributed by atoms with Crippen molar-refractivity contribution >= 4 is 23.2 Å². The fraction of sp³-hybridized carbons (Fsp3) is 0.429. The summed E-state index contributed by atoms with van der Waals surface area (Å²) in [6.07, 6.45) is 2.46. The first-order chi connectivity index (χ1) is 17.3. The van der Waals surface area contributed by atoms with Gasteiger partial charge in [0.1, 0.15) is 21.5 Å². The molecule has 3 aromatic rings. The van der Waals surface area contributed by atoms with Gasteiger partial charge in [0.05, 0.1) is 0 Å². The number of carbonyl (C=O) groups is 2. The zero-order valence-electron chi connectivity index (χ0n) is 21.4. The maximum atomic E-state index is 12.8. The maximum absolute atomic E-state index is 12.8. The van der Waals surface area contributed by atoms with Crippen molar-refractivity contribution in [3.8, 4) is 22.1 Å². The molecule has 0 radical (unpaired) electrons. The van der Waals surface area contributed by atoms with Crippen LogP contribution in [-0.4, -0.2) is 40.0 Å². The molecule has 2 aromatic carbocycles. The summed E-state index contributed by atoms with van der Waals surface area (Å²) in [6, 6.07) is 13.2. The molecule has 1 fully saturated rings. The van der Waals surface area contributed by atoms with E-state index >= 15 is 0 Å². The molecule has 1 atom stereocenters. The van der Waals surface area contributed by atoms with Crippen molar-refractivity contribution in [1.29, 1.82) is 0 Å². The minimum absolute atomic E-state index is 0.128. The second-order valence-electron chi connectivity index (χ2n) is 9.69. The molecule has 1 aliphatic heterocycles. The molecule has 8 heteroatoms. The number of hydrogen-bond acceptors (Lipinski definition) is 6. The quantitative estimate of drug-likeness (QED) is 0.364. The van der Waals surface area contributed by atoms with Gasteiger partial charge in [-0.15, -0.1) is 10.2 Å². The van der Waals surface area contributed by atoms with Crippen LogP contribution in [0.4, 0.5) is 0 Å². The Morgan fingerprint density at radius 2 is 1.92 bits per heavy atom. The number of hydrogen-bond donors (Lipinski definition) is 1. The summed E-state index contributed by atoms with van der Waals surface area (Å²) in [4.78, 5) is 26.9. The van der Waals surface area contributed by atoms with Gasteiger partial charge in [-0.2, -0.15) is 0 Å². The molecule has 2 heterocycles. The van der Waals surface area contributed by atoms with Crippen molar-refractivity contribution in [3.05, 3.63) is 58.6 Å². The van der Waals surface area contributed by atoms with E-state index in [0.29, 0.717) is 48.4 Å². The Morgan fingerprint density at radius 3 is 2.56 bits per heavy atom. The molecule has 1 N–H and O–H groups in total. The molecular weight excluding hydrogens is 472 g/mol. The summed E-state index contributed by atoms with van der Waals surface area (Å²) in [5, 5.41) is 13.5. The van der Waals surface area contributed by atoms with Crippen LogP contribution in [0, 0.1) is 5.92 Å². The molecule has 0 saturated carbocycles. The van der Waals surface area contributed by atoms with E-state index < -0.39 is 0 Å². The van der Waals surface area contributed by atoms with Crippen LogP contribution in [0.2, 0.25) is 0 Å². The van der Waals surface area contributed by atoms with E-state index in [-0.39, 0.29) is 11.8 Å². The zero-order chi connectivity index (χ0) is 25.7. The van der Waals surface area contributed by atoms with Gasteiger partial charge in [-0.25, -0.2) is 0 Å². The number of benzene rings is 2. The van der Waals surface area contributed by atoms with Gasteiger partial charge in [-0.3, -0.25) is 9.59 Å². The fourth-order valence-electron chi connectivity index (χ4n) is 3.89. The normalized spacial score (nSPS) is 14.4. The minimum Gasteiger partial charge on any atom is -0.457 e. The van der Waals surface area contributed by atoms with E-state index in [0.717, 1.165) is 40.5 Å². The number of rotatable bonds is 10. The van der Waals surface area contributed by atoms with E-state index in [2.05, 4.69) is 43.2 Å². The van der Waals surface area contributed by atoms with E-state index in [1.54, 1.807) is 23.5 Å². The lowest BCUT2D eigenvalue weighted by atomic mass is 10.1. The predicted octanol–water partition coefficient (Wildman–Crippen LogP) is 6.02. The smallest absolute Gasteiger partial charge is 0.251 e. The molecule has 0 aliphatic carbocycles. The van der Waals surface area contributed by atoms with Crippen LogP contribution >= 0.6 is 11.3 Å². The molecule has 1 saturated heterocycles. The summed E-state index contributed by atoms with van der Waals surface area (Å²) in [5.74, 6) is 2.01. The van der Waals surface area contributed by atoms with Gasteiger partial charge in [-0.1, -0.05) is 51.5 Å². The van der Waals surface area contributed by atoms with Gasteiger partial charge in [0, 0.05) is 48.7 Å². The van der Waals surface area contributed by atoms with E-state index in [1.165, 1.54) is 0 Å². The number of nitrogens with one attached hydrogen (secondary N) is 1. The van der Waals surface area contributed by atoms with E-state index in [4.69, 9.17) is 4.74 Å². The van der Waals surface area contributed by atoms with Gasteiger partial charge >= 0.3 is 0 Å². The molecule has 36 heavy (non-hydrogen) atoms. The molecule has 7 nitrogen and oxygen atoms in total. The molecule has 1 unspecified atom stereocenters. The molecule has 0 spiro atoms. The van der Waals surface area contributed by atoms with Crippen molar-refractivity contribution in [2.45, 2.75) is 59.4 Å². The molecular formula is C28H34N4O3S. The Balaban J connectivity index is 1.55. The van der Waals surface area contributed by atoms with E-state index in [9.17, 15) is 9.59 Å². The number of likely N-dealkylation sites (tertiary alicyclic amines) is 1. The average molecular weight is 507 g/mol. The van der Waals surface area contributed by atoms with Crippen LogP contribution < -0.4 is 10.1 Å². The third-order valence-electron chi connectivity index (χ3n) is 6.43. The van der Waals surface area contributed by atoms with Gasteiger partial charge in [0.15, 0.2) is 0 Å². The third-order valence-corrected chi connectivity index (χ3v) is 7.71. The third kappa shape index (κ3) is 6.29. The lowest BCUT2D eigenvalue weighted by Crippen LogP contribution is -2.28. The van der Waals surface area contributed by atoms with Crippen molar-refractivity contribution < 1.29 is 14.3 Å². The number of carbonyl (C=O) groups excluding carboxylic acids is 2. The van der Waals surface area contributed by atoms with Crippen LogP contribution in [0.1, 0.15) is 73.8 Å². The maximum Gasteiger partial charge on any atom is 0.251 e. The molecule has 2 amide bonds. The second-order valence-corrected chi connectivity index (χ2v) is 10.7. The van der Waals surface area contributed by atoms with Crippen LogP contribution in [0.3, 0.4) is 0 Å². The largest absolute Gasteiger partial charge is 0.457 e. The van der Waals surface area contributed by atoms with Crippen molar-refractivity contribution in [2.75, 3.05) is 13.1 Å². The SMILES string of the molecule is CCC(C)CNC(=O)c1ccc(CN2CCCC2=O)c(Oc2ccc(-c3nnc(C(C)C)s3)cc2)c1. The summed E-state index contributed by atoms with van der Waals surface area (Å²) in [5.41, 5.74) is 2.39. The highest BCUT2D eigenvalue weighted by Crippen LogP contribution is 2.32.